The van der Waals surface area contributed by atoms with Crippen LogP contribution in [0.5, 0.6) is 0 Å². The first-order chi connectivity index (χ1) is 17.9. The maximum absolute atomic E-state index is 13.3. The van der Waals surface area contributed by atoms with Gasteiger partial charge in [-0.2, -0.15) is 10.4 Å². The van der Waals surface area contributed by atoms with Gasteiger partial charge in [0, 0.05) is 42.9 Å². The van der Waals surface area contributed by atoms with Crippen molar-refractivity contribution in [2.75, 3.05) is 18.4 Å². The number of benzene rings is 1. The SMILES string of the molecule is C=CC(=O)N1CC(CC#N)[C@@H](NC(=O)c2c(C)nc(CNc3n[nH]c4cc(Cl)c(C(C)(C)C)cc34)n2C)C1. The van der Waals surface area contributed by atoms with E-state index < -0.39 is 0 Å². The molecule has 1 aliphatic rings. The van der Waals surface area contributed by atoms with Gasteiger partial charge >= 0.3 is 0 Å². The third-order valence-corrected chi connectivity index (χ3v) is 7.36. The van der Waals surface area contributed by atoms with Gasteiger partial charge in [-0.05, 0) is 36.1 Å². The summed E-state index contributed by atoms with van der Waals surface area (Å²) in [5, 5.41) is 24.6. The third kappa shape index (κ3) is 5.24. The van der Waals surface area contributed by atoms with Crippen LogP contribution in [0.15, 0.2) is 24.8 Å². The zero-order valence-electron chi connectivity index (χ0n) is 22.4. The number of imidazole rings is 1. The summed E-state index contributed by atoms with van der Waals surface area (Å²) in [6, 6.07) is 5.76. The second-order valence-corrected chi connectivity index (χ2v) is 11.1. The predicted molar refractivity (Wildman–Crippen MR) is 147 cm³/mol. The molecule has 0 aliphatic carbocycles. The van der Waals surface area contributed by atoms with Crippen molar-refractivity contribution in [2.24, 2.45) is 13.0 Å². The highest BCUT2D eigenvalue weighted by molar-refractivity contribution is 6.32. The fourth-order valence-corrected chi connectivity index (χ4v) is 5.43. The molecule has 2 atom stereocenters. The lowest BCUT2D eigenvalue weighted by atomic mass is 9.86. The lowest BCUT2D eigenvalue weighted by Gasteiger charge is -2.20. The number of amides is 2. The third-order valence-electron chi connectivity index (χ3n) is 7.05. The maximum Gasteiger partial charge on any atom is 0.270 e. The number of anilines is 1. The average molecular weight is 537 g/mol. The monoisotopic (exact) mass is 536 g/mol. The number of halogens is 1. The molecule has 0 radical (unpaired) electrons. The van der Waals surface area contributed by atoms with Crippen LogP contribution in [0.1, 0.15) is 54.8 Å². The molecule has 1 saturated heterocycles. The summed E-state index contributed by atoms with van der Waals surface area (Å²) in [6.45, 7) is 12.7. The van der Waals surface area contributed by atoms with Gasteiger partial charge in [0.15, 0.2) is 5.82 Å². The number of nitrogens with one attached hydrogen (secondary N) is 3. The van der Waals surface area contributed by atoms with E-state index in [0.717, 1.165) is 16.5 Å². The molecule has 11 heteroatoms. The number of hydrogen-bond acceptors (Lipinski definition) is 6. The quantitative estimate of drug-likeness (QED) is 0.393. The van der Waals surface area contributed by atoms with E-state index in [0.29, 0.717) is 47.7 Å². The van der Waals surface area contributed by atoms with Crippen LogP contribution in [0.3, 0.4) is 0 Å². The van der Waals surface area contributed by atoms with Gasteiger partial charge in [-0.1, -0.05) is 39.0 Å². The Morgan fingerprint density at radius 1 is 1.34 bits per heavy atom. The second-order valence-electron chi connectivity index (χ2n) is 10.7. The van der Waals surface area contributed by atoms with Crippen LogP contribution in [0.25, 0.3) is 10.9 Å². The number of fused-ring (bicyclic) bond motifs is 1. The number of hydrogen-bond donors (Lipinski definition) is 3. The lowest BCUT2D eigenvalue weighted by Crippen LogP contribution is -2.41. The Morgan fingerprint density at radius 2 is 2.08 bits per heavy atom. The number of H-pyrrole nitrogens is 1. The first-order valence-corrected chi connectivity index (χ1v) is 12.9. The topological polar surface area (TPSA) is 132 Å². The summed E-state index contributed by atoms with van der Waals surface area (Å²) in [7, 11) is 1.79. The standard InChI is InChI=1S/C27H33ClN8O2/c1-7-23(37)36-13-16(8-9-29)21(14-36)32-26(38)24-15(2)31-22(35(24)6)12-30-25-17-10-18(27(3,4)5)19(28)11-20(17)33-34-25/h7,10-11,16,21H,1,8,12-14H2,2-6H3,(H,32,38)(H2,30,33,34)/t16?,21-/m0/s1. The molecule has 1 fully saturated rings. The van der Waals surface area contributed by atoms with Gasteiger partial charge in [0.25, 0.3) is 5.91 Å². The molecule has 0 saturated carbocycles. The Morgan fingerprint density at radius 3 is 2.74 bits per heavy atom. The van der Waals surface area contributed by atoms with Crippen molar-refractivity contribution in [1.82, 2.24) is 30.0 Å². The van der Waals surface area contributed by atoms with Crippen molar-refractivity contribution in [3.05, 3.63) is 52.6 Å². The highest BCUT2D eigenvalue weighted by Gasteiger charge is 2.36. The number of nitrogens with zero attached hydrogens (tertiary/aromatic N) is 5. The maximum atomic E-state index is 13.3. The molecule has 1 unspecified atom stereocenters. The minimum Gasteiger partial charge on any atom is -0.361 e. The molecule has 1 aromatic carbocycles. The number of carbonyl (C=O) groups excluding carboxylic acids is 2. The molecule has 0 bridgehead atoms. The van der Waals surface area contributed by atoms with E-state index >= 15 is 0 Å². The number of rotatable bonds is 7. The molecular weight excluding hydrogens is 504 g/mol. The molecular formula is C27H33ClN8O2. The van der Waals surface area contributed by atoms with Crippen molar-refractivity contribution in [2.45, 2.75) is 52.1 Å². The molecule has 0 spiro atoms. The van der Waals surface area contributed by atoms with Crippen LogP contribution >= 0.6 is 11.6 Å². The Labute approximate surface area is 227 Å². The zero-order chi connectivity index (χ0) is 27.8. The van der Waals surface area contributed by atoms with E-state index in [-0.39, 0.29) is 35.6 Å². The summed E-state index contributed by atoms with van der Waals surface area (Å²) >= 11 is 6.50. The van der Waals surface area contributed by atoms with Crippen molar-refractivity contribution in [1.29, 1.82) is 5.26 Å². The summed E-state index contributed by atoms with van der Waals surface area (Å²) in [4.78, 5) is 31.6. The summed E-state index contributed by atoms with van der Waals surface area (Å²) in [6.07, 6.45) is 1.49. The number of aryl methyl sites for hydroxylation is 1. The Balaban J connectivity index is 1.51. The number of likely N-dealkylation sites (tertiary alicyclic amines) is 1. The first kappa shape index (κ1) is 27.2. The van der Waals surface area contributed by atoms with E-state index in [9.17, 15) is 14.9 Å². The van der Waals surface area contributed by atoms with Crippen molar-refractivity contribution < 1.29 is 9.59 Å². The van der Waals surface area contributed by atoms with E-state index in [1.807, 2.05) is 12.1 Å². The number of nitriles is 1. The van der Waals surface area contributed by atoms with Crippen LogP contribution in [-0.2, 0) is 23.8 Å². The molecule has 200 valence electrons. The Hall–Kier alpha value is -3.84. The van der Waals surface area contributed by atoms with Crippen LogP contribution in [0.4, 0.5) is 5.82 Å². The van der Waals surface area contributed by atoms with Crippen LogP contribution in [0.2, 0.25) is 5.02 Å². The highest BCUT2D eigenvalue weighted by Crippen LogP contribution is 2.34. The smallest absolute Gasteiger partial charge is 0.270 e. The fraction of sp³-hybridized carbons (Fsp3) is 0.444. The van der Waals surface area contributed by atoms with Crippen molar-refractivity contribution in [3.8, 4) is 6.07 Å². The summed E-state index contributed by atoms with van der Waals surface area (Å²) in [5.74, 6) is 0.683. The number of aromatic amines is 1. The minimum atomic E-state index is -0.332. The number of aromatic nitrogens is 4. The molecule has 3 aromatic rings. The van der Waals surface area contributed by atoms with Gasteiger partial charge < -0.3 is 20.1 Å². The molecule has 4 rings (SSSR count). The minimum absolute atomic E-state index is 0.125. The van der Waals surface area contributed by atoms with Crippen molar-refractivity contribution >= 4 is 40.1 Å². The van der Waals surface area contributed by atoms with Crippen LogP contribution in [0, 0.1) is 24.2 Å². The number of carbonyl (C=O) groups is 2. The average Bonchev–Trinajstić information content (AvgIpc) is 3.51. The van der Waals surface area contributed by atoms with E-state index in [4.69, 9.17) is 11.6 Å². The molecule has 10 nitrogen and oxygen atoms in total. The highest BCUT2D eigenvalue weighted by atomic mass is 35.5. The van der Waals surface area contributed by atoms with Gasteiger partial charge in [-0.3, -0.25) is 14.7 Å². The largest absolute Gasteiger partial charge is 0.361 e. The van der Waals surface area contributed by atoms with Crippen molar-refractivity contribution in [3.63, 3.8) is 0 Å². The van der Waals surface area contributed by atoms with Gasteiger partial charge in [0.05, 0.1) is 29.9 Å². The molecule has 3 heterocycles. The Kier molecular flexibility index (Phi) is 7.51. The van der Waals surface area contributed by atoms with Gasteiger partial charge in [0.2, 0.25) is 5.91 Å². The van der Waals surface area contributed by atoms with E-state index in [1.54, 1.807) is 23.4 Å². The molecule has 3 N–H and O–H groups in total. The lowest BCUT2D eigenvalue weighted by molar-refractivity contribution is -0.125. The first-order valence-electron chi connectivity index (χ1n) is 12.5. The second kappa shape index (κ2) is 10.5. The molecule has 2 amide bonds. The summed E-state index contributed by atoms with van der Waals surface area (Å²) < 4.78 is 1.75. The fourth-order valence-electron chi connectivity index (χ4n) is 4.98. The molecule has 1 aliphatic heterocycles. The van der Waals surface area contributed by atoms with Crippen LogP contribution in [-0.4, -0.2) is 55.6 Å². The van der Waals surface area contributed by atoms with Gasteiger partial charge in [-0.25, -0.2) is 4.98 Å². The van der Waals surface area contributed by atoms with Gasteiger partial charge in [0.1, 0.15) is 11.5 Å². The Bertz CT molecular complexity index is 1440. The normalized spacial score (nSPS) is 17.4. The molecule has 2 aromatic heterocycles. The summed E-state index contributed by atoms with van der Waals surface area (Å²) in [5.41, 5.74) is 2.75. The van der Waals surface area contributed by atoms with E-state index in [1.165, 1.54) is 6.08 Å². The molecule has 38 heavy (non-hydrogen) atoms. The van der Waals surface area contributed by atoms with Gasteiger partial charge in [-0.15, -0.1) is 0 Å². The van der Waals surface area contributed by atoms with E-state index in [2.05, 4.69) is 59.2 Å². The predicted octanol–water partition coefficient (Wildman–Crippen LogP) is 3.82. The van der Waals surface area contributed by atoms with Crippen LogP contribution < -0.4 is 10.6 Å². The zero-order valence-corrected chi connectivity index (χ0v) is 23.1.